The van der Waals surface area contributed by atoms with Gasteiger partial charge in [0.15, 0.2) is 0 Å². The second kappa shape index (κ2) is 6.47. The third-order valence-electron chi connectivity index (χ3n) is 3.41. The Morgan fingerprint density at radius 2 is 1.82 bits per heavy atom. The van der Waals surface area contributed by atoms with E-state index in [9.17, 15) is 0 Å². The molecule has 2 rings (SSSR count). The number of hydrogen-bond donors (Lipinski definition) is 0. The van der Waals surface area contributed by atoms with Crippen molar-refractivity contribution in [2.45, 2.75) is 50.7 Å². The fourth-order valence-corrected chi connectivity index (χ4v) is 3.45. The summed E-state index contributed by atoms with van der Waals surface area (Å²) in [6, 6.07) is 0. The summed E-state index contributed by atoms with van der Waals surface area (Å²) in [6.07, 6.45) is 7.72. The summed E-state index contributed by atoms with van der Waals surface area (Å²) in [6.45, 7) is 0. The molecule has 3 nitrogen and oxygen atoms in total. The molecule has 0 atom stereocenters. The smallest absolute Gasteiger partial charge is 0.201 e. The zero-order chi connectivity index (χ0) is 12.1. The van der Waals surface area contributed by atoms with E-state index in [2.05, 4.69) is 10.4 Å². The normalized spacial score (nSPS) is 18.5. The van der Waals surface area contributed by atoms with Crippen LogP contribution in [-0.4, -0.2) is 19.2 Å². The highest BCUT2D eigenvalue weighted by molar-refractivity contribution is 7.09. The first-order valence-corrected chi connectivity index (χ1v) is 7.24. The van der Waals surface area contributed by atoms with Crippen molar-refractivity contribution >= 4 is 11.3 Å². The maximum absolute atomic E-state index is 5.23. The molecule has 1 aromatic heterocycles. The van der Waals surface area contributed by atoms with Crippen LogP contribution in [-0.2, 0) is 9.47 Å². The third-order valence-corrected chi connectivity index (χ3v) is 4.44. The van der Waals surface area contributed by atoms with Gasteiger partial charge in [-0.15, -0.1) is 11.3 Å². The van der Waals surface area contributed by atoms with Crippen molar-refractivity contribution in [2.75, 3.05) is 14.2 Å². The average molecular weight is 255 g/mol. The van der Waals surface area contributed by atoms with Gasteiger partial charge >= 0.3 is 0 Å². The molecule has 0 amide bonds. The minimum atomic E-state index is -0.314. The average Bonchev–Trinajstić information content (AvgIpc) is 2.67. The number of methoxy groups -OCH3 is 2. The molecule has 1 heterocycles. The van der Waals surface area contributed by atoms with Crippen LogP contribution < -0.4 is 0 Å². The highest BCUT2D eigenvalue weighted by Gasteiger charge is 2.20. The summed E-state index contributed by atoms with van der Waals surface area (Å²) < 4.78 is 10.5. The molecule has 1 aromatic rings. The predicted molar refractivity (Wildman–Crippen MR) is 69.3 cm³/mol. The summed E-state index contributed by atoms with van der Waals surface area (Å²) in [7, 11) is 3.30. The lowest BCUT2D eigenvalue weighted by Gasteiger charge is -2.11. The van der Waals surface area contributed by atoms with Crippen LogP contribution in [0, 0.1) is 0 Å². The van der Waals surface area contributed by atoms with Gasteiger partial charge in [-0.1, -0.05) is 25.7 Å². The van der Waals surface area contributed by atoms with Crippen LogP contribution >= 0.6 is 11.3 Å². The van der Waals surface area contributed by atoms with Crippen LogP contribution in [0.15, 0.2) is 5.38 Å². The monoisotopic (exact) mass is 255 g/mol. The van der Waals surface area contributed by atoms with Gasteiger partial charge in [-0.2, -0.15) is 0 Å². The first kappa shape index (κ1) is 13.0. The lowest BCUT2D eigenvalue weighted by Crippen LogP contribution is -2.05. The summed E-state index contributed by atoms with van der Waals surface area (Å²) in [5.41, 5.74) is 0.916. The second-order valence-corrected chi connectivity index (χ2v) is 5.49. The van der Waals surface area contributed by atoms with Crippen LogP contribution in [0.25, 0.3) is 0 Å². The van der Waals surface area contributed by atoms with Gasteiger partial charge in [-0.25, -0.2) is 4.98 Å². The SMILES string of the molecule is COC(OC)c1csc(C2CCCCCC2)n1. The molecule has 1 fully saturated rings. The van der Waals surface area contributed by atoms with E-state index in [4.69, 9.17) is 9.47 Å². The van der Waals surface area contributed by atoms with Gasteiger partial charge < -0.3 is 9.47 Å². The van der Waals surface area contributed by atoms with Gasteiger partial charge in [0.25, 0.3) is 0 Å². The zero-order valence-electron chi connectivity index (χ0n) is 10.6. The summed E-state index contributed by atoms with van der Waals surface area (Å²) >= 11 is 1.75. The predicted octanol–water partition coefficient (Wildman–Crippen LogP) is 3.87. The van der Waals surface area contributed by atoms with Crippen molar-refractivity contribution in [3.8, 4) is 0 Å². The van der Waals surface area contributed by atoms with E-state index < -0.39 is 0 Å². The van der Waals surface area contributed by atoms with E-state index in [1.165, 1.54) is 43.5 Å². The van der Waals surface area contributed by atoms with E-state index in [0.717, 1.165) is 5.69 Å². The molecule has 1 saturated carbocycles. The Bertz CT molecular complexity index is 328. The summed E-state index contributed by atoms with van der Waals surface area (Å²) in [4.78, 5) is 4.69. The molecule has 0 unspecified atom stereocenters. The van der Waals surface area contributed by atoms with E-state index in [1.54, 1.807) is 25.6 Å². The Kier molecular flexibility index (Phi) is 4.95. The Morgan fingerprint density at radius 1 is 1.18 bits per heavy atom. The maximum atomic E-state index is 5.23. The molecule has 1 aliphatic rings. The number of ether oxygens (including phenoxy) is 2. The first-order valence-electron chi connectivity index (χ1n) is 6.36. The molecule has 17 heavy (non-hydrogen) atoms. The Morgan fingerprint density at radius 3 is 2.41 bits per heavy atom. The van der Waals surface area contributed by atoms with E-state index >= 15 is 0 Å². The molecule has 0 radical (unpaired) electrons. The number of rotatable bonds is 4. The van der Waals surface area contributed by atoms with Crippen LogP contribution in [0.5, 0.6) is 0 Å². The van der Waals surface area contributed by atoms with Crippen LogP contribution in [0.3, 0.4) is 0 Å². The van der Waals surface area contributed by atoms with Gasteiger partial charge in [0.2, 0.25) is 6.29 Å². The molecule has 96 valence electrons. The Balaban J connectivity index is 2.05. The lowest BCUT2D eigenvalue weighted by atomic mass is 10.0. The fourth-order valence-electron chi connectivity index (χ4n) is 2.46. The minimum Gasteiger partial charge on any atom is -0.350 e. The molecule has 0 aromatic carbocycles. The molecular formula is C13H21NO2S. The maximum Gasteiger partial charge on any atom is 0.201 e. The second-order valence-electron chi connectivity index (χ2n) is 4.60. The topological polar surface area (TPSA) is 31.4 Å². The number of aromatic nitrogens is 1. The molecule has 0 bridgehead atoms. The van der Waals surface area contributed by atoms with Crippen molar-refractivity contribution < 1.29 is 9.47 Å². The number of thiazole rings is 1. The largest absolute Gasteiger partial charge is 0.350 e. The quantitative estimate of drug-likeness (QED) is 0.604. The Hall–Kier alpha value is -0.450. The summed E-state index contributed by atoms with van der Waals surface area (Å²) in [5.74, 6) is 0.658. The molecule has 0 saturated heterocycles. The van der Waals surface area contributed by atoms with Crippen molar-refractivity contribution in [3.05, 3.63) is 16.1 Å². The van der Waals surface area contributed by atoms with Gasteiger partial charge in [0.1, 0.15) is 5.69 Å². The van der Waals surface area contributed by atoms with Crippen molar-refractivity contribution in [2.24, 2.45) is 0 Å². The highest BCUT2D eigenvalue weighted by atomic mass is 32.1. The molecule has 0 spiro atoms. The summed E-state index contributed by atoms with van der Waals surface area (Å²) in [5, 5.41) is 3.33. The van der Waals surface area contributed by atoms with Crippen molar-refractivity contribution in [3.63, 3.8) is 0 Å². The molecule has 0 aliphatic heterocycles. The lowest BCUT2D eigenvalue weighted by molar-refractivity contribution is -0.108. The zero-order valence-corrected chi connectivity index (χ0v) is 11.5. The number of hydrogen-bond acceptors (Lipinski definition) is 4. The van der Waals surface area contributed by atoms with Gasteiger partial charge in [0.05, 0.1) is 5.01 Å². The Labute approximate surface area is 107 Å². The van der Waals surface area contributed by atoms with Crippen LogP contribution in [0.2, 0.25) is 0 Å². The van der Waals surface area contributed by atoms with Gasteiger partial charge in [0, 0.05) is 25.5 Å². The first-order chi connectivity index (χ1) is 8.35. The van der Waals surface area contributed by atoms with Crippen molar-refractivity contribution in [1.29, 1.82) is 0 Å². The third kappa shape index (κ3) is 3.27. The van der Waals surface area contributed by atoms with Gasteiger partial charge in [-0.3, -0.25) is 0 Å². The highest BCUT2D eigenvalue weighted by Crippen LogP contribution is 2.34. The minimum absolute atomic E-state index is 0.314. The van der Waals surface area contributed by atoms with Crippen LogP contribution in [0.1, 0.15) is 61.4 Å². The molecular weight excluding hydrogens is 234 g/mol. The van der Waals surface area contributed by atoms with Crippen molar-refractivity contribution in [1.82, 2.24) is 4.98 Å². The van der Waals surface area contributed by atoms with Crippen LogP contribution in [0.4, 0.5) is 0 Å². The van der Waals surface area contributed by atoms with Gasteiger partial charge in [-0.05, 0) is 12.8 Å². The van der Waals surface area contributed by atoms with E-state index in [-0.39, 0.29) is 6.29 Å². The fraction of sp³-hybridized carbons (Fsp3) is 0.769. The molecule has 1 aliphatic carbocycles. The standard InChI is InChI=1S/C13H21NO2S/c1-15-13(16-2)11-9-17-12(14-11)10-7-5-3-4-6-8-10/h9-10,13H,3-8H2,1-2H3. The van der Waals surface area contributed by atoms with E-state index in [0.29, 0.717) is 5.92 Å². The molecule has 4 heteroatoms. The number of nitrogens with zero attached hydrogens (tertiary/aromatic N) is 1. The van der Waals surface area contributed by atoms with E-state index in [1.807, 2.05) is 0 Å². The molecule has 0 N–H and O–H groups in total.